The maximum Gasteiger partial charge on any atom is 0.126 e. The maximum atomic E-state index is 13.6. The number of halogens is 2. The van der Waals surface area contributed by atoms with Crippen molar-refractivity contribution in [3.8, 4) is 0 Å². The quantitative estimate of drug-likeness (QED) is 0.605. The van der Waals surface area contributed by atoms with E-state index < -0.39 is 0 Å². The third-order valence-electron chi connectivity index (χ3n) is 3.84. The zero-order chi connectivity index (χ0) is 14.5. The summed E-state index contributed by atoms with van der Waals surface area (Å²) < 4.78 is 13.6. The highest BCUT2D eigenvalue weighted by atomic mass is 35.5. The number of hydrogen-bond acceptors (Lipinski definition) is 0. The molecule has 0 radical (unpaired) electrons. The van der Waals surface area contributed by atoms with Gasteiger partial charge in [0.05, 0.1) is 5.38 Å². The highest BCUT2D eigenvalue weighted by molar-refractivity contribution is 6.20. The Morgan fingerprint density at radius 1 is 1.00 bits per heavy atom. The van der Waals surface area contributed by atoms with Crippen LogP contribution in [0.4, 0.5) is 4.39 Å². The highest BCUT2D eigenvalue weighted by Crippen LogP contribution is 2.28. The van der Waals surface area contributed by atoms with Crippen LogP contribution in [0.1, 0.15) is 48.3 Å². The van der Waals surface area contributed by atoms with Gasteiger partial charge < -0.3 is 0 Å². The van der Waals surface area contributed by atoms with Crippen molar-refractivity contribution >= 4 is 11.6 Å². The van der Waals surface area contributed by atoms with Crippen molar-refractivity contribution in [2.45, 2.75) is 38.0 Å². The number of hydrogen-bond donors (Lipinski definition) is 0. The smallest absolute Gasteiger partial charge is 0.126 e. The van der Waals surface area contributed by atoms with Gasteiger partial charge in [-0.05, 0) is 41.5 Å². The Hall–Kier alpha value is -1.34. The number of alkyl halides is 1. The van der Waals surface area contributed by atoms with Crippen LogP contribution in [-0.2, 0) is 6.42 Å². The second-order valence-electron chi connectivity index (χ2n) is 5.24. The molecular formula is C18H20ClF. The highest BCUT2D eigenvalue weighted by Gasteiger charge is 2.12. The molecule has 0 saturated carbocycles. The van der Waals surface area contributed by atoms with E-state index in [1.807, 2.05) is 6.07 Å². The van der Waals surface area contributed by atoms with Gasteiger partial charge in [-0.3, -0.25) is 0 Å². The molecule has 2 atom stereocenters. The molecule has 0 nitrogen and oxygen atoms in total. The summed E-state index contributed by atoms with van der Waals surface area (Å²) in [5.41, 5.74) is 3.03. The van der Waals surface area contributed by atoms with Crippen LogP contribution < -0.4 is 0 Å². The van der Waals surface area contributed by atoms with E-state index in [1.165, 1.54) is 11.6 Å². The Morgan fingerprint density at radius 3 is 2.20 bits per heavy atom. The van der Waals surface area contributed by atoms with Crippen LogP contribution in [-0.4, -0.2) is 0 Å². The van der Waals surface area contributed by atoms with Gasteiger partial charge in [0.2, 0.25) is 0 Å². The summed E-state index contributed by atoms with van der Waals surface area (Å²) >= 11 is 6.41. The predicted molar refractivity (Wildman–Crippen MR) is 83.8 cm³/mol. The lowest BCUT2D eigenvalue weighted by molar-refractivity contribution is 0.607. The standard InChI is InChI=1S/C18H20ClF/c1-3-13(2)14-8-10-15(11-9-14)17(19)12-16-6-4-5-7-18(16)20/h4-11,13,17H,3,12H2,1-2H3. The lowest BCUT2D eigenvalue weighted by atomic mass is 9.96. The van der Waals surface area contributed by atoms with Crippen molar-refractivity contribution < 1.29 is 4.39 Å². The minimum absolute atomic E-state index is 0.186. The van der Waals surface area contributed by atoms with Crippen molar-refractivity contribution in [3.05, 3.63) is 71.0 Å². The normalized spacial score (nSPS) is 14.0. The molecule has 0 bridgehead atoms. The van der Waals surface area contributed by atoms with Crippen LogP contribution in [0.15, 0.2) is 48.5 Å². The van der Waals surface area contributed by atoms with Gasteiger partial charge in [-0.25, -0.2) is 4.39 Å². The fourth-order valence-electron chi connectivity index (χ4n) is 2.24. The van der Waals surface area contributed by atoms with Gasteiger partial charge in [0.15, 0.2) is 0 Å². The Bertz CT molecular complexity index is 548. The molecule has 0 fully saturated rings. The molecule has 0 spiro atoms. The zero-order valence-corrected chi connectivity index (χ0v) is 12.7. The molecule has 2 aromatic rings. The summed E-state index contributed by atoms with van der Waals surface area (Å²) in [6.07, 6.45) is 1.63. The van der Waals surface area contributed by atoms with E-state index in [0.717, 1.165) is 12.0 Å². The molecule has 2 heteroatoms. The summed E-state index contributed by atoms with van der Waals surface area (Å²) in [5, 5.41) is -0.196. The Morgan fingerprint density at radius 2 is 1.60 bits per heavy atom. The monoisotopic (exact) mass is 290 g/mol. The number of rotatable bonds is 5. The first-order chi connectivity index (χ1) is 9.61. The van der Waals surface area contributed by atoms with E-state index in [0.29, 0.717) is 17.9 Å². The molecule has 0 N–H and O–H groups in total. The van der Waals surface area contributed by atoms with E-state index in [2.05, 4.69) is 38.1 Å². The van der Waals surface area contributed by atoms with Gasteiger partial charge in [0.25, 0.3) is 0 Å². The van der Waals surface area contributed by atoms with Crippen molar-refractivity contribution in [2.24, 2.45) is 0 Å². The summed E-state index contributed by atoms with van der Waals surface area (Å²) in [4.78, 5) is 0. The van der Waals surface area contributed by atoms with Crippen molar-refractivity contribution in [1.82, 2.24) is 0 Å². The second kappa shape index (κ2) is 6.90. The van der Waals surface area contributed by atoms with Crippen LogP contribution in [0.25, 0.3) is 0 Å². The molecule has 106 valence electrons. The molecule has 0 saturated heterocycles. The molecule has 0 heterocycles. The molecule has 0 aromatic heterocycles. The lowest BCUT2D eigenvalue weighted by Gasteiger charge is -2.13. The van der Waals surface area contributed by atoms with Crippen molar-refractivity contribution in [1.29, 1.82) is 0 Å². The topological polar surface area (TPSA) is 0 Å². The molecular weight excluding hydrogens is 271 g/mol. The summed E-state index contributed by atoms with van der Waals surface area (Å²) in [7, 11) is 0. The zero-order valence-electron chi connectivity index (χ0n) is 11.9. The number of benzene rings is 2. The SMILES string of the molecule is CCC(C)c1ccc(C(Cl)Cc2ccccc2F)cc1. The van der Waals surface area contributed by atoms with Crippen LogP contribution in [0, 0.1) is 5.82 Å². The van der Waals surface area contributed by atoms with Crippen molar-refractivity contribution in [3.63, 3.8) is 0 Å². The van der Waals surface area contributed by atoms with E-state index in [-0.39, 0.29) is 11.2 Å². The predicted octanol–water partition coefficient (Wildman–Crippen LogP) is 5.86. The van der Waals surface area contributed by atoms with Crippen LogP contribution in [0.2, 0.25) is 0 Å². The summed E-state index contributed by atoms with van der Waals surface area (Å²) in [5.74, 6) is 0.374. The fourth-order valence-corrected chi connectivity index (χ4v) is 2.56. The van der Waals surface area contributed by atoms with E-state index in [4.69, 9.17) is 11.6 Å². The van der Waals surface area contributed by atoms with Gasteiger partial charge in [0, 0.05) is 0 Å². The summed E-state index contributed by atoms with van der Waals surface area (Å²) in [6, 6.07) is 15.2. The van der Waals surface area contributed by atoms with Crippen LogP contribution in [0.3, 0.4) is 0 Å². The maximum absolute atomic E-state index is 13.6. The third-order valence-corrected chi connectivity index (χ3v) is 4.24. The van der Waals surface area contributed by atoms with E-state index in [9.17, 15) is 4.39 Å². The molecule has 2 aromatic carbocycles. The minimum atomic E-state index is -0.196. The Balaban J connectivity index is 2.10. The largest absolute Gasteiger partial charge is 0.207 e. The third kappa shape index (κ3) is 3.61. The second-order valence-corrected chi connectivity index (χ2v) is 5.77. The average molecular weight is 291 g/mol. The van der Waals surface area contributed by atoms with Crippen LogP contribution in [0.5, 0.6) is 0 Å². The van der Waals surface area contributed by atoms with Gasteiger partial charge in [-0.15, -0.1) is 11.6 Å². The molecule has 2 rings (SSSR count). The van der Waals surface area contributed by atoms with Gasteiger partial charge in [-0.1, -0.05) is 56.3 Å². The molecule has 0 aliphatic carbocycles. The summed E-state index contributed by atoms with van der Waals surface area (Å²) in [6.45, 7) is 4.40. The molecule has 2 unspecified atom stereocenters. The van der Waals surface area contributed by atoms with E-state index in [1.54, 1.807) is 12.1 Å². The molecule has 0 amide bonds. The van der Waals surface area contributed by atoms with Crippen LogP contribution >= 0.6 is 11.6 Å². The Kier molecular flexibility index (Phi) is 5.19. The molecule has 20 heavy (non-hydrogen) atoms. The molecule has 0 aliphatic rings. The van der Waals surface area contributed by atoms with E-state index >= 15 is 0 Å². The lowest BCUT2D eigenvalue weighted by Crippen LogP contribution is -1.99. The Labute approximate surface area is 125 Å². The molecule has 0 aliphatic heterocycles. The van der Waals surface area contributed by atoms with Gasteiger partial charge in [-0.2, -0.15) is 0 Å². The first-order valence-electron chi connectivity index (χ1n) is 7.09. The van der Waals surface area contributed by atoms with Gasteiger partial charge in [0.1, 0.15) is 5.82 Å². The van der Waals surface area contributed by atoms with Crippen molar-refractivity contribution in [2.75, 3.05) is 0 Å². The first kappa shape index (κ1) is 15.1. The fraction of sp³-hybridized carbons (Fsp3) is 0.333. The van der Waals surface area contributed by atoms with Gasteiger partial charge >= 0.3 is 0 Å². The average Bonchev–Trinajstić information content (AvgIpc) is 2.49. The minimum Gasteiger partial charge on any atom is -0.207 e. The first-order valence-corrected chi connectivity index (χ1v) is 7.52.